The number of carbonyl (C=O) groups excluding carboxylic acids is 2. The lowest BCUT2D eigenvalue weighted by atomic mass is 9.81. The highest BCUT2D eigenvalue weighted by atomic mass is 16.6. The van der Waals surface area contributed by atoms with Crippen molar-refractivity contribution in [2.75, 3.05) is 19.8 Å². The zero-order valence-corrected chi connectivity index (χ0v) is 11.4. The van der Waals surface area contributed by atoms with Crippen LogP contribution in [0.5, 0.6) is 0 Å². The first-order chi connectivity index (χ1) is 8.54. The average molecular weight is 258 g/mol. The lowest BCUT2D eigenvalue weighted by molar-refractivity contribution is -0.187. The van der Waals surface area contributed by atoms with Gasteiger partial charge in [0.05, 0.1) is 19.6 Å². The number of rotatable bonds is 5. The summed E-state index contributed by atoms with van der Waals surface area (Å²) in [4.78, 5) is 23.5. The van der Waals surface area contributed by atoms with Gasteiger partial charge in [0.15, 0.2) is 5.60 Å². The normalized spacial score (nSPS) is 27.6. The maximum Gasteiger partial charge on any atom is 0.338 e. The Bertz CT molecular complexity index is 302. The Hall–Kier alpha value is -1.10. The fourth-order valence-electron chi connectivity index (χ4n) is 2.23. The Kier molecular flexibility index (Phi) is 5.59. The molecule has 0 N–H and O–H groups in total. The zero-order valence-electron chi connectivity index (χ0n) is 11.4. The molecular weight excluding hydrogens is 236 g/mol. The minimum Gasteiger partial charge on any atom is -0.466 e. The Balaban J connectivity index is 2.72. The maximum atomic E-state index is 12.0. The topological polar surface area (TPSA) is 61.8 Å². The Morgan fingerprint density at radius 1 is 1.28 bits per heavy atom. The van der Waals surface area contributed by atoms with Crippen LogP contribution < -0.4 is 0 Å². The molecule has 0 aromatic heterocycles. The molecule has 0 aromatic rings. The average Bonchev–Trinajstić information content (AvgIpc) is 2.33. The zero-order chi connectivity index (χ0) is 13.6. The molecule has 1 fully saturated rings. The first-order valence-electron chi connectivity index (χ1n) is 6.51. The molecule has 1 heterocycles. The van der Waals surface area contributed by atoms with Crippen LogP contribution in [0.4, 0.5) is 0 Å². The lowest BCUT2D eigenvalue weighted by Crippen LogP contribution is -2.50. The van der Waals surface area contributed by atoms with Crippen LogP contribution >= 0.6 is 0 Å². The molecule has 0 unspecified atom stereocenters. The van der Waals surface area contributed by atoms with E-state index in [1.54, 1.807) is 20.8 Å². The van der Waals surface area contributed by atoms with Gasteiger partial charge in [-0.1, -0.05) is 0 Å². The molecule has 5 nitrogen and oxygen atoms in total. The van der Waals surface area contributed by atoms with Crippen molar-refractivity contribution >= 4 is 11.9 Å². The molecule has 1 saturated heterocycles. The van der Waals surface area contributed by atoms with Gasteiger partial charge < -0.3 is 14.2 Å². The summed E-state index contributed by atoms with van der Waals surface area (Å²) in [5, 5.41) is 0. The molecule has 1 aliphatic rings. The van der Waals surface area contributed by atoms with E-state index in [0.717, 1.165) is 12.8 Å². The van der Waals surface area contributed by atoms with Gasteiger partial charge >= 0.3 is 11.9 Å². The van der Waals surface area contributed by atoms with Crippen molar-refractivity contribution in [2.45, 2.75) is 45.6 Å². The first kappa shape index (κ1) is 15.0. The van der Waals surface area contributed by atoms with Crippen LogP contribution in [0.15, 0.2) is 0 Å². The Morgan fingerprint density at radius 3 is 2.56 bits per heavy atom. The predicted octanol–water partition coefficient (Wildman–Crippen LogP) is 1.69. The summed E-state index contributed by atoms with van der Waals surface area (Å²) in [5.74, 6) is -0.855. The summed E-state index contributed by atoms with van der Waals surface area (Å²) in [5.41, 5.74) is -1.03. The second kappa shape index (κ2) is 6.73. The van der Waals surface area contributed by atoms with Crippen LogP contribution in [-0.2, 0) is 23.8 Å². The van der Waals surface area contributed by atoms with Crippen molar-refractivity contribution < 1.29 is 23.8 Å². The third-order valence-corrected chi connectivity index (χ3v) is 3.28. The van der Waals surface area contributed by atoms with E-state index in [2.05, 4.69) is 0 Å². The number of hydrogen-bond donors (Lipinski definition) is 0. The fourth-order valence-corrected chi connectivity index (χ4v) is 2.23. The van der Waals surface area contributed by atoms with Crippen LogP contribution in [0.25, 0.3) is 0 Å². The minimum atomic E-state index is -1.03. The van der Waals surface area contributed by atoms with Gasteiger partial charge in [-0.15, -0.1) is 0 Å². The molecule has 2 atom stereocenters. The van der Waals surface area contributed by atoms with E-state index >= 15 is 0 Å². The van der Waals surface area contributed by atoms with Crippen molar-refractivity contribution in [3.05, 3.63) is 0 Å². The van der Waals surface area contributed by atoms with E-state index in [0.29, 0.717) is 19.8 Å². The van der Waals surface area contributed by atoms with E-state index in [1.807, 2.05) is 0 Å². The highest BCUT2D eigenvalue weighted by Crippen LogP contribution is 2.34. The van der Waals surface area contributed by atoms with E-state index in [-0.39, 0.29) is 24.3 Å². The van der Waals surface area contributed by atoms with E-state index in [9.17, 15) is 9.59 Å². The second-order valence-corrected chi connectivity index (χ2v) is 4.52. The molecule has 1 aliphatic heterocycles. The van der Waals surface area contributed by atoms with Crippen molar-refractivity contribution in [3.63, 3.8) is 0 Å². The monoisotopic (exact) mass is 258 g/mol. The predicted molar refractivity (Wildman–Crippen MR) is 65.0 cm³/mol. The van der Waals surface area contributed by atoms with Crippen LogP contribution in [0, 0.1) is 5.92 Å². The summed E-state index contributed by atoms with van der Waals surface area (Å²) in [6.07, 6.45) is 1.82. The SMILES string of the molecule is CCOC(=O)C[C@H]1CCCO[C@@]1(C)C(=O)OCC. The molecule has 0 saturated carbocycles. The van der Waals surface area contributed by atoms with Crippen molar-refractivity contribution in [2.24, 2.45) is 5.92 Å². The smallest absolute Gasteiger partial charge is 0.338 e. The molecule has 0 bridgehead atoms. The summed E-state index contributed by atoms with van der Waals surface area (Å²) < 4.78 is 15.6. The van der Waals surface area contributed by atoms with Gasteiger partial charge in [-0.05, 0) is 33.6 Å². The van der Waals surface area contributed by atoms with E-state index < -0.39 is 5.60 Å². The third-order valence-electron chi connectivity index (χ3n) is 3.28. The van der Waals surface area contributed by atoms with Gasteiger partial charge in [0, 0.05) is 12.5 Å². The minimum absolute atomic E-state index is 0.177. The molecule has 0 aromatic carbocycles. The second-order valence-electron chi connectivity index (χ2n) is 4.52. The molecule has 0 amide bonds. The van der Waals surface area contributed by atoms with Gasteiger partial charge in [0.2, 0.25) is 0 Å². The fraction of sp³-hybridized carbons (Fsp3) is 0.846. The van der Waals surface area contributed by atoms with Crippen LogP contribution in [0.3, 0.4) is 0 Å². The number of ether oxygens (including phenoxy) is 3. The van der Waals surface area contributed by atoms with Gasteiger partial charge in [0.1, 0.15) is 0 Å². The van der Waals surface area contributed by atoms with Crippen LogP contribution in [0.2, 0.25) is 0 Å². The number of hydrogen-bond acceptors (Lipinski definition) is 5. The molecule has 0 aliphatic carbocycles. The van der Waals surface area contributed by atoms with Crippen molar-refractivity contribution in [3.8, 4) is 0 Å². The van der Waals surface area contributed by atoms with Crippen LogP contribution in [0.1, 0.15) is 40.0 Å². The van der Waals surface area contributed by atoms with Gasteiger partial charge in [0.25, 0.3) is 0 Å². The molecule has 0 radical (unpaired) electrons. The Labute approximate surface area is 108 Å². The largest absolute Gasteiger partial charge is 0.466 e. The quantitative estimate of drug-likeness (QED) is 0.702. The number of carbonyl (C=O) groups is 2. The standard InChI is InChI=1S/C13H22O5/c1-4-16-11(14)9-10-7-6-8-18-13(10,3)12(15)17-5-2/h10H,4-9H2,1-3H3/t10-,13-/m1/s1. The number of esters is 2. The van der Waals surface area contributed by atoms with Crippen LogP contribution in [-0.4, -0.2) is 37.4 Å². The molecule has 5 heteroatoms. The third kappa shape index (κ3) is 3.45. The molecular formula is C13H22O5. The maximum absolute atomic E-state index is 12.0. The summed E-state index contributed by atoms with van der Waals surface area (Å²) in [6.45, 7) is 6.40. The van der Waals surface area contributed by atoms with Crippen molar-refractivity contribution in [1.29, 1.82) is 0 Å². The first-order valence-corrected chi connectivity index (χ1v) is 6.51. The van der Waals surface area contributed by atoms with Crippen molar-refractivity contribution in [1.82, 2.24) is 0 Å². The summed E-state index contributed by atoms with van der Waals surface area (Å²) >= 11 is 0. The summed E-state index contributed by atoms with van der Waals surface area (Å²) in [6, 6.07) is 0. The highest BCUT2D eigenvalue weighted by Gasteiger charge is 2.46. The van der Waals surface area contributed by atoms with Gasteiger partial charge in [-0.3, -0.25) is 4.79 Å². The summed E-state index contributed by atoms with van der Waals surface area (Å²) in [7, 11) is 0. The van der Waals surface area contributed by atoms with E-state index in [4.69, 9.17) is 14.2 Å². The molecule has 18 heavy (non-hydrogen) atoms. The molecule has 104 valence electrons. The lowest BCUT2D eigenvalue weighted by Gasteiger charge is -2.38. The van der Waals surface area contributed by atoms with E-state index in [1.165, 1.54) is 0 Å². The molecule has 1 rings (SSSR count). The van der Waals surface area contributed by atoms with Gasteiger partial charge in [-0.25, -0.2) is 4.79 Å². The highest BCUT2D eigenvalue weighted by molar-refractivity contribution is 5.81. The van der Waals surface area contributed by atoms with Gasteiger partial charge in [-0.2, -0.15) is 0 Å². The Morgan fingerprint density at radius 2 is 1.94 bits per heavy atom. The molecule has 0 spiro atoms.